The summed E-state index contributed by atoms with van der Waals surface area (Å²) in [6, 6.07) is 8.27. The molecule has 1 heterocycles. The first-order valence-corrected chi connectivity index (χ1v) is 4.86. The maximum atomic E-state index is 5.52. The highest BCUT2D eigenvalue weighted by atomic mass is 32.1. The number of thiol groups is 1. The summed E-state index contributed by atoms with van der Waals surface area (Å²) in [6.45, 7) is 4.02. The summed E-state index contributed by atoms with van der Waals surface area (Å²) in [5, 5.41) is 1.42. The third kappa shape index (κ3) is 1.59. The van der Waals surface area contributed by atoms with Gasteiger partial charge in [0.15, 0.2) is 0 Å². The molecule has 68 valence electrons. The van der Waals surface area contributed by atoms with Gasteiger partial charge >= 0.3 is 0 Å². The molecule has 0 aliphatic carbocycles. The number of fused-ring (bicyclic) bond motifs is 1. The Hall–Kier alpha value is -0.890. The van der Waals surface area contributed by atoms with Gasteiger partial charge in [0.05, 0.1) is 0 Å². The van der Waals surface area contributed by atoms with Crippen LogP contribution in [0.2, 0.25) is 0 Å². The summed E-state index contributed by atoms with van der Waals surface area (Å²) in [6.07, 6.45) is 0. The van der Waals surface area contributed by atoms with Crippen LogP contribution in [0.4, 0.5) is 0 Å². The third-order valence-corrected chi connectivity index (χ3v) is 2.45. The fraction of sp³-hybridized carbons (Fsp3) is 0.273. The molecule has 2 aromatic rings. The summed E-state index contributed by atoms with van der Waals surface area (Å²) in [5.74, 6) is 0.957. The van der Waals surface area contributed by atoms with Crippen molar-refractivity contribution in [2.45, 2.75) is 19.1 Å². The Kier molecular flexibility index (Phi) is 2.08. The highest BCUT2D eigenvalue weighted by Crippen LogP contribution is 2.25. The van der Waals surface area contributed by atoms with E-state index in [2.05, 4.69) is 37.8 Å². The fourth-order valence-corrected chi connectivity index (χ4v) is 1.60. The normalized spacial score (nSPS) is 13.5. The largest absolute Gasteiger partial charge is 0.461 e. The predicted molar refractivity (Wildman–Crippen MR) is 58.4 cm³/mol. The van der Waals surface area contributed by atoms with Gasteiger partial charge in [-0.3, -0.25) is 0 Å². The Morgan fingerprint density at radius 3 is 2.77 bits per heavy atom. The van der Waals surface area contributed by atoms with Crippen molar-refractivity contribution in [3.8, 4) is 0 Å². The second-order valence-corrected chi connectivity index (χ2v) is 4.10. The summed E-state index contributed by atoms with van der Waals surface area (Å²) < 4.78 is 5.52. The van der Waals surface area contributed by atoms with Gasteiger partial charge in [0.25, 0.3) is 0 Å². The molecule has 0 bridgehead atoms. The minimum atomic E-state index is 0.259. The Bertz CT molecular complexity index is 429. The van der Waals surface area contributed by atoms with Crippen LogP contribution in [0.3, 0.4) is 0 Å². The summed E-state index contributed by atoms with van der Waals surface area (Å²) in [4.78, 5) is 0. The number of hydrogen-bond donors (Lipinski definition) is 1. The molecule has 0 amide bonds. The topological polar surface area (TPSA) is 13.1 Å². The van der Waals surface area contributed by atoms with E-state index < -0.39 is 0 Å². The van der Waals surface area contributed by atoms with Gasteiger partial charge in [-0.2, -0.15) is 12.6 Å². The van der Waals surface area contributed by atoms with Crippen molar-refractivity contribution in [1.29, 1.82) is 0 Å². The SMILES string of the molecule is Cc1cc2ccc(C(C)S)cc2o1. The fourth-order valence-electron chi connectivity index (χ4n) is 1.44. The average molecular weight is 192 g/mol. The summed E-state index contributed by atoms with van der Waals surface area (Å²) in [7, 11) is 0. The van der Waals surface area contributed by atoms with Gasteiger partial charge < -0.3 is 4.42 Å². The lowest BCUT2D eigenvalue weighted by Gasteiger charge is -2.02. The van der Waals surface area contributed by atoms with Crippen LogP contribution in [0, 0.1) is 6.92 Å². The number of hydrogen-bond acceptors (Lipinski definition) is 2. The summed E-state index contributed by atoms with van der Waals surface area (Å²) in [5.41, 5.74) is 2.15. The molecule has 1 aromatic heterocycles. The number of benzene rings is 1. The number of aryl methyl sites for hydroxylation is 1. The highest BCUT2D eigenvalue weighted by molar-refractivity contribution is 7.80. The number of furan rings is 1. The van der Waals surface area contributed by atoms with E-state index in [0.717, 1.165) is 16.7 Å². The maximum Gasteiger partial charge on any atom is 0.134 e. The van der Waals surface area contributed by atoms with E-state index in [9.17, 15) is 0 Å². The Balaban J connectivity index is 2.61. The zero-order valence-electron chi connectivity index (χ0n) is 7.74. The van der Waals surface area contributed by atoms with Crippen LogP contribution in [0.1, 0.15) is 23.5 Å². The molecule has 0 saturated heterocycles. The van der Waals surface area contributed by atoms with Crippen LogP contribution in [-0.4, -0.2) is 0 Å². The Morgan fingerprint density at radius 1 is 1.31 bits per heavy atom. The van der Waals surface area contributed by atoms with Crippen molar-refractivity contribution in [2.75, 3.05) is 0 Å². The van der Waals surface area contributed by atoms with E-state index in [-0.39, 0.29) is 5.25 Å². The molecule has 0 aliphatic heterocycles. The predicted octanol–water partition coefficient (Wildman–Crippen LogP) is 3.73. The molecule has 1 unspecified atom stereocenters. The molecule has 1 nitrogen and oxygen atoms in total. The average Bonchev–Trinajstić information content (AvgIpc) is 2.42. The molecule has 0 spiro atoms. The van der Waals surface area contributed by atoms with Gasteiger partial charge in [0.2, 0.25) is 0 Å². The van der Waals surface area contributed by atoms with Crippen molar-refractivity contribution in [2.24, 2.45) is 0 Å². The first kappa shape index (κ1) is 8.70. The van der Waals surface area contributed by atoms with Crippen molar-refractivity contribution < 1.29 is 4.42 Å². The van der Waals surface area contributed by atoms with Gasteiger partial charge in [-0.1, -0.05) is 12.1 Å². The van der Waals surface area contributed by atoms with E-state index in [1.165, 1.54) is 5.56 Å². The second kappa shape index (κ2) is 3.11. The maximum absolute atomic E-state index is 5.52. The quantitative estimate of drug-likeness (QED) is 0.679. The van der Waals surface area contributed by atoms with E-state index >= 15 is 0 Å². The van der Waals surface area contributed by atoms with Crippen molar-refractivity contribution >= 4 is 23.6 Å². The summed E-state index contributed by atoms with van der Waals surface area (Å²) >= 11 is 4.38. The van der Waals surface area contributed by atoms with E-state index in [4.69, 9.17) is 4.42 Å². The van der Waals surface area contributed by atoms with Crippen LogP contribution < -0.4 is 0 Å². The zero-order chi connectivity index (χ0) is 9.42. The number of rotatable bonds is 1. The van der Waals surface area contributed by atoms with Crippen LogP contribution in [0.5, 0.6) is 0 Å². The van der Waals surface area contributed by atoms with Gasteiger partial charge in [0, 0.05) is 10.6 Å². The van der Waals surface area contributed by atoms with Crippen molar-refractivity contribution in [3.05, 3.63) is 35.6 Å². The van der Waals surface area contributed by atoms with Gasteiger partial charge in [0.1, 0.15) is 11.3 Å². The molecule has 0 aliphatic rings. The standard InChI is InChI=1S/C11H12OS/c1-7-5-10-4-3-9(8(2)13)6-11(10)12-7/h3-6,8,13H,1-2H3. The second-order valence-electron chi connectivity index (χ2n) is 3.33. The first-order chi connectivity index (χ1) is 6.16. The van der Waals surface area contributed by atoms with Gasteiger partial charge in [-0.05, 0) is 31.5 Å². The van der Waals surface area contributed by atoms with Crippen molar-refractivity contribution in [1.82, 2.24) is 0 Å². The van der Waals surface area contributed by atoms with Crippen LogP contribution >= 0.6 is 12.6 Å². The molecule has 0 fully saturated rings. The van der Waals surface area contributed by atoms with E-state index in [1.807, 2.05) is 13.0 Å². The molecule has 0 N–H and O–H groups in total. The molecule has 1 atom stereocenters. The molecule has 0 radical (unpaired) electrons. The lowest BCUT2D eigenvalue weighted by atomic mass is 10.1. The lowest BCUT2D eigenvalue weighted by Crippen LogP contribution is -1.81. The molecule has 13 heavy (non-hydrogen) atoms. The first-order valence-electron chi connectivity index (χ1n) is 4.35. The molecular formula is C11H12OS. The van der Waals surface area contributed by atoms with Crippen LogP contribution in [0.15, 0.2) is 28.7 Å². The molecule has 1 aromatic carbocycles. The molecule has 2 rings (SSSR count). The van der Waals surface area contributed by atoms with Crippen LogP contribution in [-0.2, 0) is 0 Å². The molecule has 2 heteroatoms. The van der Waals surface area contributed by atoms with E-state index in [0.29, 0.717) is 0 Å². The van der Waals surface area contributed by atoms with Gasteiger partial charge in [-0.25, -0.2) is 0 Å². The van der Waals surface area contributed by atoms with Crippen LogP contribution in [0.25, 0.3) is 11.0 Å². The monoisotopic (exact) mass is 192 g/mol. The Morgan fingerprint density at radius 2 is 2.08 bits per heavy atom. The van der Waals surface area contributed by atoms with Crippen molar-refractivity contribution in [3.63, 3.8) is 0 Å². The van der Waals surface area contributed by atoms with E-state index in [1.54, 1.807) is 0 Å². The molecule has 0 saturated carbocycles. The third-order valence-electron chi connectivity index (χ3n) is 2.15. The Labute approximate surface area is 83.2 Å². The van der Waals surface area contributed by atoms with Gasteiger partial charge in [-0.15, -0.1) is 0 Å². The highest BCUT2D eigenvalue weighted by Gasteiger charge is 2.04. The smallest absolute Gasteiger partial charge is 0.134 e. The zero-order valence-corrected chi connectivity index (χ0v) is 8.64. The lowest BCUT2D eigenvalue weighted by molar-refractivity contribution is 0.578. The minimum Gasteiger partial charge on any atom is -0.461 e. The minimum absolute atomic E-state index is 0.259. The molecular weight excluding hydrogens is 180 g/mol.